The topological polar surface area (TPSA) is 270 Å². The third-order valence-corrected chi connectivity index (χ3v) is 11.3. The number of nitrogens with one attached hydrogen (secondary N) is 7. The number of hydrogen-bond donors (Lipinski definition) is 8. The van der Waals surface area contributed by atoms with E-state index in [1.165, 1.54) is 24.3 Å². The van der Waals surface area contributed by atoms with Crippen molar-refractivity contribution < 1.29 is 62.3 Å². The molecule has 0 spiro atoms. The third kappa shape index (κ3) is 13.9. The van der Waals surface area contributed by atoms with E-state index in [2.05, 4.69) is 36.6 Å². The van der Waals surface area contributed by atoms with E-state index < -0.39 is 66.7 Å². The lowest BCUT2D eigenvalue weighted by Crippen LogP contribution is -2.59. The molecule has 0 aliphatic carbocycles. The van der Waals surface area contributed by atoms with E-state index in [0.29, 0.717) is 16.9 Å². The molecule has 2 aromatic heterocycles. The number of fused-ring (bicyclic) bond motifs is 2. The Bertz CT molecular complexity index is 2840. The minimum absolute atomic E-state index is 0.0225. The first-order valence-electron chi connectivity index (χ1n) is 24.2. The van der Waals surface area contributed by atoms with Crippen LogP contribution in [-0.2, 0) is 32.0 Å². The predicted molar refractivity (Wildman–Crippen MR) is 272 cm³/mol. The molecule has 2 heterocycles. The zero-order valence-corrected chi connectivity index (χ0v) is 41.7. The number of ether oxygens (including phenoxy) is 6. The van der Waals surface area contributed by atoms with Gasteiger partial charge in [-0.1, -0.05) is 36.4 Å². The highest BCUT2D eigenvalue weighted by atomic mass is 16.5. The van der Waals surface area contributed by atoms with E-state index >= 15 is 0 Å². The van der Waals surface area contributed by atoms with Crippen LogP contribution < -0.4 is 55.0 Å². The van der Waals surface area contributed by atoms with Gasteiger partial charge in [0, 0.05) is 64.7 Å². The Morgan fingerprint density at radius 1 is 0.493 bits per heavy atom. The SMILES string of the molecule is CCOc1cc(C(=O)NCC(NC(=O)c2cc(OCC)c(OCC)c(OCC)c2)C(=O)NC(Cc2c[nH]c3ccccc23)C(=O)N[C@H](Cc2c[nH]c3ccccc23)C(=O)NCC(=O)O)cc(OCC)c1OCC. The molecular formula is C53H63N7O13. The molecule has 0 saturated heterocycles. The van der Waals surface area contributed by atoms with Gasteiger partial charge in [-0.25, -0.2) is 0 Å². The Balaban J connectivity index is 1.38. The fraction of sp³-hybridized carbons (Fsp3) is 0.358. The molecule has 388 valence electrons. The van der Waals surface area contributed by atoms with E-state index in [4.69, 9.17) is 28.4 Å². The highest BCUT2D eigenvalue weighted by Gasteiger charge is 2.33. The van der Waals surface area contributed by atoms with Gasteiger partial charge in [-0.05, 0) is 89.1 Å². The van der Waals surface area contributed by atoms with Gasteiger partial charge in [-0.15, -0.1) is 0 Å². The van der Waals surface area contributed by atoms with Crippen molar-refractivity contribution in [1.29, 1.82) is 0 Å². The summed E-state index contributed by atoms with van der Waals surface area (Å²) in [5, 5.41) is 24.4. The van der Waals surface area contributed by atoms with Crippen molar-refractivity contribution in [3.05, 3.63) is 107 Å². The molecule has 0 fully saturated rings. The molecule has 20 heteroatoms. The molecule has 0 aliphatic heterocycles. The van der Waals surface area contributed by atoms with E-state index in [-0.39, 0.29) is 92.4 Å². The average Bonchev–Trinajstić information content (AvgIpc) is 3.99. The van der Waals surface area contributed by atoms with E-state index in [0.717, 1.165) is 21.8 Å². The number of H-pyrrole nitrogens is 2. The van der Waals surface area contributed by atoms with E-state index in [1.54, 1.807) is 53.9 Å². The third-order valence-electron chi connectivity index (χ3n) is 11.3. The number of benzene rings is 4. The number of carboxylic acid groups (broad SMARTS) is 1. The molecule has 20 nitrogen and oxygen atoms in total. The number of carbonyl (C=O) groups excluding carboxylic acids is 5. The van der Waals surface area contributed by atoms with Crippen LogP contribution in [0.4, 0.5) is 0 Å². The number of para-hydroxylation sites is 2. The quantitative estimate of drug-likeness (QED) is 0.0314. The van der Waals surface area contributed by atoms with Gasteiger partial charge in [0.2, 0.25) is 29.2 Å². The summed E-state index contributed by atoms with van der Waals surface area (Å²) in [6.07, 6.45) is 3.22. The van der Waals surface area contributed by atoms with Gasteiger partial charge in [-0.3, -0.25) is 28.8 Å². The normalized spacial score (nSPS) is 12.2. The summed E-state index contributed by atoms with van der Waals surface area (Å²) in [6.45, 7) is 10.9. The second-order valence-electron chi connectivity index (χ2n) is 16.3. The monoisotopic (exact) mass is 1010 g/mol. The van der Waals surface area contributed by atoms with Crippen molar-refractivity contribution in [3.63, 3.8) is 0 Å². The zero-order valence-electron chi connectivity index (χ0n) is 41.7. The maximum absolute atomic E-state index is 14.9. The maximum atomic E-state index is 14.9. The molecule has 4 aromatic carbocycles. The highest BCUT2D eigenvalue weighted by molar-refractivity contribution is 6.01. The van der Waals surface area contributed by atoms with Gasteiger partial charge in [0.25, 0.3) is 11.8 Å². The minimum atomic E-state index is -1.56. The van der Waals surface area contributed by atoms with Crippen LogP contribution in [0, 0.1) is 0 Å². The van der Waals surface area contributed by atoms with Gasteiger partial charge in [0.1, 0.15) is 24.7 Å². The summed E-state index contributed by atoms with van der Waals surface area (Å²) in [5.41, 5.74) is 2.93. The van der Waals surface area contributed by atoms with Gasteiger partial charge < -0.3 is 70.1 Å². The Morgan fingerprint density at radius 2 is 0.890 bits per heavy atom. The Kier molecular flexibility index (Phi) is 19.3. The maximum Gasteiger partial charge on any atom is 0.322 e. The van der Waals surface area contributed by atoms with Crippen molar-refractivity contribution in [3.8, 4) is 34.5 Å². The molecule has 0 bridgehead atoms. The van der Waals surface area contributed by atoms with Gasteiger partial charge in [0.15, 0.2) is 23.0 Å². The summed E-state index contributed by atoms with van der Waals surface area (Å²) in [5.74, 6) is -3.71. The second kappa shape index (κ2) is 26.1. The van der Waals surface area contributed by atoms with Crippen molar-refractivity contribution in [2.75, 3.05) is 52.7 Å². The van der Waals surface area contributed by atoms with Crippen LogP contribution in [0.1, 0.15) is 73.4 Å². The average molecular weight is 1010 g/mol. The molecule has 0 aliphatic rings. The van der Waals surface area contributed by atoms with Crippen molar-refractivity contribution in [2.45, 2.75) is 72.5 Å². The molecule has 6 rings (SSSR count). The van der Waals surface area contributed by atoms with Crippen LogP contribution in [0.3, 0.4) is 0 Å². The molecule has 2 unspecified atom stereocenters. The van der Waals surface area contributed by atoms with Crippen LogP contribution >= 0.6 is 0 Å². The summed E-state index contributed by atoms with van der Waals surface area (Å²) in [6, 6.07) is 16.2. The van der Waals surface area contributed by atoms with Crippen LogP contribution in [0.25, 0.3) is 21.8 Å². The molecule has 73 heavy (non-hydrogen) atoms. The molecule has 8 N–H and O–H groups in total. The zero-order chi connectivity index (χ0) is 52.4. The number of aliphatic carboxylic acids is 1. The number of aromatic amines is 2. The summed E-state index contributed by atoms with van der Waals surface area (Å²) >= 11 is 0. The van der Waals surface area contributed by atoms with Crippen LogP contribution in [0.15, 0.2) is 85.2 Å². The van der Waals surface area contributed by atoms with Gasteiger partial charge in [-0.2, -0.15) is 0 Å². The predicted octanol–water partition coefficient (Wildman–Crippen LogP) is 5.23. The first-order valence-corrected chi connectivity index (χ1v) is 24.2. The highest BCUT2D eigenvalue weighted by Crippen LogP contribution is 2.40. The van der Waals surface area contributed by atoms with Crippen molar-refractivity contribution >= 4 is 57.3 Å². The number of carboxylic acids is 1. The number of aromatic nitrogens is 2. The standard InChI is InChI=1S/C53H63N7O13/c1-7-68-42-23-31(24-43(69-8-2)47(42)72-11-5)49(63)56-29-41(60-50(64)32-25-44(70-9-3)48(73-12-6)45(26-32)71-10-4)53(67)59-40(22-34-28-55-38-20-16-14-18-36(34)38)52(66)58-39(51(65)57-30-46(61)62)21-33-27-54-37-19-15-13-17-35(33)37/h13-20,23-28,39-41,54-55H,7-12,21-22,29-30H2,1-6H3,(H,56,63)(H,57,65)(H,58,66)(H,59,67)(H,60,64)(H,61,62)/t39-,40?,41?/m1/s1. The first-order chi connectivity index (χ1) is 35.3. The largest absolute Gasteiger partial charge is 0.490 e. The Labute approximate surface area is 422 Å². The lowest BCUT2D eigenvalue weighted by atomic mass is 10.0. The smallest absolute Gasteiger partial charge is 0.322 e. The minimum Gasteiger partial charge on any atom is -0.490 e. The van der Waals surface area contributed by atoms with Crippen LogP contribution in [-0.4, -0.2) is 121 Å². The van der Waals surface area contributed by atoms with Crippen molar-refractivity contribution in [2.24, 2.45) is 0 Å². The van der Waals surface area contributed by atoms with Crippen LogP contribution in [0.5, 0.6) is 34.5 Å². The number of hydrogen-bond acceptors (Lipinski definition) is 12. The van der Waals surface area contributed by atoms with E-state index in [9.17, 15) is 33.9 Å². The number of carbonyl (C=O) groups is 6. The Hall–Kier alpha value is -8.42. The second-order valence-corrected chi connectivity index (χ2v) is 16.3. The molecule has 0 radical (unpaired) electrons. The van der Waals surface area contributed by atoms with Gasteiger partial charge in [0.05, 0.1) is 39.6 Å². The molecule has 3 atom stereocenters. The number of rotatable bonds is 28. The number of amides is 5. The summed E-state index contributed by atoms with van der Waals surface area (Å²) in [7, 11) is 0. The lowest BCUT2D eigenvalue weighted by Gasteiger charge is -2.26. The van der Waals surface area contributed by atoms with E-state index in [1.807, 2.05) is 48.5 Å². The first kappa shape index (κ1) is 53.9. The summed E-state index contributed by atoms with van der Waals surface area (Å²) in [4.78, 5) is 89.8. The lowest BCUT2D eigenvalue weighted by molar-refractivity contribution is -0.138. The van der Waals surface area contributed by atoms with Crippen molar-refractivity contribution in [1.82, 2.24) is 36.6 Å². The molecular weight excluding hydrogens is 943 g/mol. The van der Waals surface area contributed by atoms with Crippen LogP contribution in [0.2, 0.25) is 0 Å². The molecule has 0 saturated carbocycles. The molecule has 5 amide bonds. The Morgan fingerprint density at radius 3 is 1.32 bits per heavy atom. The molecule has 6 aromatic rings. The summed E-state index contributed by atoms with van der Waals surface area (Å²) < 4.78 is 35.0. The fourth-order valence-corrected chi connectivity index (χ4v) is 8.08. The fourth-order valence-electron chi connectivity index (χ4n) is 8.08. The van der Waals surface area contributed by atoms with Gasteiger partial charge >= 0.3 is 5.97 Å².